The van der Waals surface area contributed by atoms with E-state index >= 15 is 0 Å². The summed E-state index contributed by atoms with van der Waals surface area (Å²) in [5.41, 5.74) is 2.92. The molecule has 1 nitrogen and oxygen atoms in total. The van der Waals surface area contributed by atoms with E-state index in [1.807, 2.05) is 7.05 Å². The summed E-state index contributed by atoms with van der Waals surface area (Å²) < 4.78 is 0. The van der Waals surface area contributed by atoms with Crippen LogP contribution in [0, 0.1) is 0 Å². The van der Waals surface area contributed by atoms with Crippen molar-refractivity contribution in [2.75, 3.05) is 13.6 Å². The summed E-state index contributed by atoms with van der Waals surface area (Å²) in [6.45, 7) is 7.78. The molecule has 88 valence electrons. The Morgan fingerprint density at radius 1 is 1.25 bits per heavy atom. The fourth-order valence-electron chi connectivity index (χ4n) is 1.56. The molecular formula is C15H23N. The zero-order valence-electron chi connectivity index (χ0n) is 10.9. The van der Waals surface area contributed by atoms with Gasteiger partial charge in [0.1, 0.15) is 0 Å². The topological polar surface area (TPSA) is 12.0 Å². The van der Waals surface area contributed by atoms with Gasteiger partial charge in [-0.3, -0.25) is 0 Å². The van der Waals surface area contributed by atoms with Gasteiger partial charge in [0.2, 0.25) is 0 Å². The molecule has 16 heavy (non-hydrogen) atoms. The molecule has 1 N–H and O–H groups in total. The second kappa shape index (κ2) is 5.86. The number of rotatable bonds is 4. The maximum absolute atomic E-state index is 3.14. The predicted octanol–water partition coefficient (Wildman–Crippen LogP) is 3.61. The summed E-state index contributed by atoms with van der Waals surface area (Å²) in [6, 6.07) is 8.77. The van der Waals surface area contributed by atoms with E-state index in [1.165, 1.54) is 11.1 Å². The highest BCUT2D eigenvalue weighted by atomic mass is 14.8. The van der Waals surface area contributed by atoms with Gasteiger partial charge in [0.05, 0.1) is 0 Å². The van der Waals surface area contributed by atoms with E-state index in [0.29, 0.717) is 0 Å². The van der Waals surface area contributed by atoms with Crippen molar-refractivity contribution in [3.05, 3.63) is 41.5 Å². The predicted molar refractivity (Wildman–Crippen MR) is 72.7 cm³/mol. The molecular weight excluding hydrogens is 194 g/mol. The van der Waals surface area contributed by atoms with Crippen molar-refractivity contribution >= 4 is 6.08 Å². The molecule has 1 heteroatoms. The zero-order valence-corrected chi connectivity index (χ0v) is 10.9. The van der Waals surface area contributed by atoms with Crippen LogP contribution in [0.1, 0.15) is 38.3 Å². The van der Waals surface area contributed by atoms with Crippen molar-refractivity contribution in [1.82, 2.24) is 5.32 Å². The fourth-order valence-corrected chi connectivity index (χ4v) is 1.56. The van der Waals surface area contributed by atoms with Gasteiger partial charge in [-0.05, 0) is 36.6 Å². The highest BCUT2D eigenvalue weighted by Crippen LogP contribution is 2.23. The zero-order chi connectivity index (χ0) is 12.0. The van der Waals surface area contributed by atoms with E-state index in [4.69, 9.17) is 0 Å². The number of hydrogen-bond donors (Lipinski definition) is 1. The van der Waals surface area contributed by atoms with E-state index in [-0.39, 0.29) is 5.41 Å². The first-order valence-corrected chi connectivity index (χ1v) is 5.96. The van der Waals surface area contributed by atoms with Crippen LogP contribution in [0.25, 0.3) is 6.08 Å². The third-order valence-electron chi connectivity index (χ3n) is 2.62. The van der Waals surface area contributed by atoms with Gasteiger partial charge in [-0.2, -0.15) is 0 Å². The summed E-state index contributed by atoms with van der Waals surface area (Å²) in [7, 11) is 1.98. The van der Waals surface area contributed by atoms with E-state index in [9.17, 15) is 0 Å². The molecule has 0 atom stereocenters. The molecule has 0 bridgehead atoms. The van der Waals surface area contributed by atoms with Crippen LogP contribution in [-0.2, 0) is 5.41 Å². The van der Waals surface area contributed by atoms with Crippen LogP contribution < -0.4 is 5.32 Å². The Balaban J connectivity index is 2.71. The molecule has 0 fully saturated rings. The van der Waals surface area contributed by atoms with Crippen molar-refractivity contribution in [2.45, 2.75) is 32.6 Å². The lowest BCUT2D eigenvalue weighted by atomic mass is 9.86. The van der Waals surface area contributed by atoms with Crippen molar-refractivity contribution in [2.24, 2.45) is 0 Å². The highest BCUT2D eigenvalue weighted by molar-refractivity contribution is 5.51. The number of nitrogens with one attached hydrogen (secondary N) is 1. The van der Waals surface area contributed by atoms with E-state index in [0.717, 1.165) is 13.0 Å². The van der Waals surface area contributed by atoms with Crippen LogP contribution >= 0.6 is 0 Å². The molecule has 0 aliphatic rings. The molecule has 0 unspecified atom stereocenters. The lowest BCUT2D eigenvalue weighted by Crippen LogP contribution is -2.10. The molecule has 0 radical (unpaired) electrons. The van der Waals surface area contributed by atoms with Gasteiger partial charge in [0.15, 0.2) is 0 Å². The molecule has 1 aromatic rings. The Kier molecular flexibility index (Phi) is 4.75. The summed E-state index contributed by atoms with van der Waals surface area (Å²) in [4.78, 5) is 0. The van der Waals surface area contributed by atoms with E-state index < -0.39 is 0 Å². The Hall–Kier alpha value is -1.08. The quantitative estimate of drug-likeness (QED) is 0.760. The number of hydrogen-bond acceptors (Lipinski definition) is 1. The second-order valence-corrected chi connectivity index (χ2v) is 5.17. The average Bonchev–Trinajstić information content (AvgIpc) is 2.24. The molecule has 0 aliphatic heterocycles. The minimum atomic E-state index is 0.231. The van der Waals surface area contributed by atoms with Crippen molar-refractivity contribution in [3.63, 3.8) is 0 Å². The van der Waals surface area contributed by atoms with Gasteiger partial charge >= 0.3 is 0 Å². The Bertz CT molecular complexity index is 345. The first-order chi connectivity index (χ1) is 7.54. The first-order valence-electron chi connectivity index (χ1n) is 5.96. The molecule has 0 heterocycles. The maximum atomic E-state index is 3.14. The Morgan fingerprint density at radius 3 is 2.62 bits per heavy atom. The summed E-state index contributed by atoms with van der Waals surface area (Å²) in [6.07, 6.45) is 5.50. The van der Waals surface area contributed by atoms with Gasteiger partial charge in [0, 0.05) is 0 Å². The van der Waals surface area contributed by atoms with Crippen molar-refractivity contribution in [3.8, 4) is 0 Å². The minimum Gasteiger partial charge on any atom is -0.319 e. The second-order valence-electron chi connectivity index (χ2n) is 5.17. The molecule has 0 amide bonds. The van der Waals surface area contributed by atoms with Crippen molar-refractivity contribution < 1.29 is 0 Å². The van der Waals surface area contributed by atoms with Crippen LogP contribution in [0.3, 0.4) is 0 Å². The van der Waals surface area contributed by atoms with Crippen LogP contribution in [0.15, 0.2) is 30.3 Å². The summed E-state index contributed by atoms with van der Waals surface area (Å²) in [5.74, 6) is 0. The first kappa shape index (κ1) is 13.0. The standard InChI is InChI=1S/C15H23N/c1-15(2,3)14-10-7-9-13(12-14)8-5-6-11-16-4/h5,7-10,12,16H,6,11H2,1-4H3. The number of benzene rings is 1. The molecule has 0 saturated heterocycles. The van der Waals surface area contributed by atoms with Crippen LogP contribution in [0.5, 0.6) is 0 Å². The highest BCUT2D eigenvalue weighted by Gasteiger charge is 2.12. The van der Waals surface area contributed by atoms with Crippen LogP contribution in [0.4, 0.5) is 0 Å². The third kappa shape index (κ3) is 4.19. The summed E-state index contributed by atoms with van der Waals surface area (Å²) in [5, 5.41) is 3.14. The maximum Gasteiger partial charge on any atom is -0.00172 e. The largest absolute Gasteiger partial charge is 0.319 e. The molecule has 0 aliphatic carbocycles. The lowest BCUT2D eigenvalue weighted by Gasteiger charge is -2.19. The van der Waals surface area contributed by atoms with Crippen LogP contribution in [-0.4, -0.2) is 13.6 Å². The van der Waals surface area contributed by atoms with Gasteiger partial charge in [-0.15, -0.1) is 0 Å². The lowest BCUT2D eigenvalue weighted by molar-refractivity contribution is 0.590. The average molecular weight is 217 g/mol. The SMILES string of the molecule is CNCCC=Cc1cccc(C(C)(C)C)c1. The monoisotopic (exact) mass is 217 g/mol. The molecule has 1 aromatic carbocycles. The van der Waals surface area contributed by atoms with Crippen LogP contribution in [0.2, 0.25) is 0 Å². The smallest absolute Gasteiger partial charge is 0.00172 e. The van der Waals surface area contributed by atoms with Crippen molar-refractivity contribution in [1.29, 1.82) is 0 Å². The third-order valence-corrected chi connectivity index (χ3v) is 2.62. The van der Waals surface area contributed by atoms with E-state index in [1.54, 1.807) is 0 Å². The Labute approximate surface area is 99.6 Å². The molecule has 0 aromatic heterocycles. The van der Waals surface area contributed by atoms with Gasteiger partial charge in [-0.25, -0.2) is 0 Å². The molecule has 1 rings (SSSR count). The normalized spacial score (nSPS) is 12.2. The van der Waals surface area contributed by atoms with Gasteiger partial charge in [0.25, 0.3) is 0 Å². The summed E-state index contributed by atoms with van der Waals surface area (Å²) >= 11 is 0. The minimum absolute atomic E-state index is 0.231. The fraction of sp³-hybridized carbons (Fsp3) is 0.467. The molecule has 0 saturated carbocycles. The Morgan fingerprint density at radius 2 is 2.00 bits per heavy atom. The van der Waals surface area contributed by atoms with Gasteiger partial charge < -0.3 is 5.32 Å². The molecule has 0 spiro atoms. The van der Waals surface area contributed by atoms with E-state index in [2.05, 4.69) is 62.5 Å². The van der Waals surface area contributed by atoms with Gasteiger partial charge in [-0.1, -0.05) is 57.2 Å².